The van der Waals surface area contributed by atoms with Gasteiger partial charge in [-0.05, 0) is 128 Å². The number of esters is 1. The minimum atomic E-state index is -4.72. The van der Waals surface area contributed by atoms with Gasteiger partial charge in [0.1, 0.15) is 19.3 Å². The Morgan fingerprint density at radius 1 is 0.396 bits per heavy atom. The predicted molar refractivity (Wildman–Crippen MR) is 394 cm³/mol. The fourth-order valence-corrected chi connectivity index (χ4v) is 10.9. The second kappa shape index (κ2) is 68.7. The highest BCUT2D eigenvalue weighted by Crippen LogP contribution is 2.38. The number of unbranched alkanes of at least 4 members (excludes halogenated alkanes) is 28. The molecule has 1 amide bonds. The summed E-state index contributed by atoms with van der Waals surface area (Å²) in [5, 5.41) is 3.04. The van der Waals surface area contributed by atoms with Crippen molar-refractivity contribution in [1.82, 2.24) is 5.32 Å². The molecule has 0 saturated heterocycles. The molecule has 0 aromatic rings. The monoisotopic (exact) mass is 1280 g/mol. The zero-order chi connectivity index (χ0) is 66.3. The highest BCUT2D eigenvalue weighted by Gasteiger charge is 2.27. The van der Waals surface area contributed by atoms with E-state index in [0.717, 1.165) is 161 Å². The van der Waals surface area contributed by atoms with E-state index in [1.165, 1.54) is 103 Å². The van der Waals surface area contributed by atoms with Crippen molar-refractivity contribution in [3.05, 3.63) is 146 Å². The number of carbonyl (C=O) groups excluding carboxylic acids is 2. The largest absolute Gasteiger partial charge is 0.756 e. The number of nitrogens with zero attached hydrogens (tertiary/aromatic N) is 1. The van der Waals surface area contributed by atoms with Crippen LogP contribution >= 0.6 is 7.82 Å². The molecule has 10 heteroatoms. The van der Waals surface area contributed by atoms with E-state index in [9.17, 15) is 19.0 Å². The highest BCUT2D eigenvalue weighted by atomic mass is 31.2. The van der Waals surface area contributed by atoms with E-state index in [1.54, 1.807) is 0 Å². The van der Waals surface area contributed by atoms with Gasteiger partial charge in [0, 0.05) is 12.8 Å². The van der Waals surface area contributed by atoms with E-state index in [0.29, 0.717) is 23.9 Å². The van der Waals surface area contributed by atoms with Crippen LogP contribution in [0.15, 0.2) is 146 Å². The molecule has 0 radical (unpaired) electrons. The Balaban J connectivity index is 5.11. The molecule has 0 aliphatic heterocycles. The first-order valence-electron chi connectivity index (χ1n) is 37.1. The number of hydrogen-bond donors (Lipinski definition) is 1. The van der Waals surface area contributed by atoms with Gasteiger partial charge in [-0.25, -0.2) is 0 Å². The van der Waals surface area contributed by atoms with Gasteiger partial charge in [-0.2, -0.15) is 0 Å². The maximum atomic E-state index is 13.6. The van der Waals surface area contributed by atoms with Gasteiger partial charge in [-0.1, -0.05) is 308 Å². The number of hydrogen-bond acceptors (Lipinski definition) is 7. The molecule has 0 bridgehead atoms. The zero-order valence-electron chi connectivity index (χ0n) is 59.5. The van der Waals surface area contributed by atoms with Crippen LogP contribution in [0.2, 0.25) is 0 Å². The van der Waals surface area contributed by atoms with E-state index in [-0.39, 0.29) is 24.9 Å². The molecule has 0 aliphatic rings. The Kier molecular flexibility index (Phi) is 65.6. The Labute approximate surface area is 561 Å². The molecule has 91 heavy (non-hydrogen) atoms. The molecule has 0 heterocycles. The van der Waals surface area contributed by atoms with Crippen molar-refractivity contribution < 1.29 is 37.3 Å². The Morgan fingerprint density at radius 2 is 0.703 bits per heavy atom. The van der Waals surface area contributed by atoms with Gasteiger partial charge in [0.25, 0.3) is 7.82 Å². The average molecular weight is 1280 g/mol. The number of quaternary nitrogens is 1. The van der Waals surface area contributed by atoms with Crippen molar-refractivity contribution in [3.63, 3.8) is 0 Å². The van der Waals surface area contributed by atoms with Crippen LogP contribution in [-0.4, -0.2) is 69.4 Å². The van der Waals surface area contributed by atoms with Crippen LogP contribution in [0.25, 0.3) is 0 Å². The average Bonchev–Trinajstić information content (AvgIpc) is 3.70. The number of likely N-dealkylation sites (N-methyl/N-ethyl adjacent to an activating group) is 1. The zero-order valence-corrected chi connectivity index (χ0v) is 60.4. The van der Waals surface area contributed by atoms with Crippen molar-refractivity contribution in [1.29, 1.82) is 0 Å². The fourth-order valence-electron chi connectivity index (χ4n) is 10.1. The number of ether oxygens (including phenoxy) is 1. The summed E-state index contributed by atoms with van der Waals surface area (Å²) in [6, 6.07) is -0.909. The van der Waals surface area contributed by atoms with Crippen molar-refractivity contribution in [2.75, 3.05) is 40.9 Å². The van der Waals surface area contributed by atoms with Crippen molar-refractivity contribution >= 4 is 19.7 Å². The molecule has 3 unspecified atom stereocenters. The van der Waals surface area contributed by atoms with Crippen LogP contribution in [0, 0.1) is 0 Å². The quantitative estimate of drug-likeness (QED) is 0.0212. The van der Waals surface area contributed by atoms with Crippen LogP contribution < -0.4 is 10.2 Å². The molecular weight excluding hydrogens is 1140 g/mol. The lowest BCUT2D eigenvalue weighted by molar-refractivity contribution is -0.870. The Morgan fingerprint density at radius 3 is 1.05 bits per heavy atom. The molecule has 520 valence electrons. The summed E-state index contributed by atoms with van der Waals surface area (Å²) in [6.45, 7) is 6.61. The molecule has 0 saturated carbocycles. The Bertz CT molecular complexity index is 2070. The van der Waals surface area contributed by atoms with E-state index in [1.807, 2.05) is 33.3 Å². The van der Waals surface area contributed by atoms with E-state index >= 15 is 0 Å². The SMILES string of the molecule is CC/C=C\C/C=C\C/C=C\C/C=C\C/C=C\C/C=C\CCCCCCCCC(=O)OC(/C=C/CCCCCCCCCCCCC)C(COP(=O)([O-])OCC[N+](C)(C)C)NC(=O)CCCCCCCCCCCCC/C=C\C/C=C\C/C=C\C/C=C\C/C=C\CC. The van der Waals surface area contributed by atoms with Gasteiger partial charge in [0.05, 0.1) is 33.8 Å². The van der Waals surface area contributed by atoms with Crippen LogP contribution in [-0.2, 0) is 27.9 Å². The third-order valence-electron chi connectivity index (χ3n) is 15.8. The van der Waals surface area contributed by atoms with E-state index in [2.05, 4.69) is 160 Å². The number of allylic oxidation sites excluding steroid dienone is 23. The minimum absolute atomic E-state index is 0.0327. The summed E-state index contributed by atoms with van der Waals surface area (Å²) >= 11 is 0. The minimum Gasteiger partial charge on any atom is -0.756 e. The molecule has 0 aromatic carbocycles. The number of carbonyl (C=O) groups is 2. The first-order valence-corrected chi connectivity index (χ1v) is 38.6. The number of nitrogens with one attached hydrogen (secondary N) is 1. The molecular formula is C81H139N2O7P. The highest BCUT2D eigenvalue weighted by molar-refractivity contribution is 7.45. The third-order valence-corrected chi connectivity index (χ3v) is 16.7. The molecule has 0 aromatic heterocycles. The van der Waals surface area contributed by atoms with E-state index in [4.69, 9.17) is 13.8 Å². The smallest absolute Gasteiger partial charge is 0.306 e. The van der Waals surface area contributed by atoms with Crippen molar-refractivity contribution in [3.8, 4) is 0 Å². The number of rotatable bonds is 66. The summed E-state index contributed by atoms with van der Waals surface area (Å²) < 4.78 is 30.5. The summed E-state index contributed by atoms with van der Waals surface area (Å²) in [4.78, 5) is 40.3. The van der Waals surface area contributed by atoms with Gasteiger partial charge in [-0.15, -0.1) is 0 Å². The van der Waals surface area contributed by atoms with Gasteiger partial charge in [0.15, 0.2) is 0 Å². The first-order chi connectivity index (χ1) is 44.4. The molecule has 0 fully saturated rings. The van der Waals surface area contributed by atoms with Crippen LogP contribution in [0.3, 0.4) is 0 Å². The van der Waals surface area contributed by atoms with Crippen LogP contribution in [0.4, 0.5) is 0 Å². The molecule has 0 spiro atoms. The number of amides is 1. The summed E-state index contributed by atoms with van der Waals surface area (Å²) in [5.74, 6) is -0.565. The van der Waals surface area contributed by atoms with Crippen LogP contribution in [0.1, 0.15) is 303 Å². The fraction of sp³-hybridized carbons (Fsp3) is 0.679. The molecule has 0 aliphatic carbocycles. The maximum absolute atomic E-state index is 13.6. The summed E-state index contributed by atoms with van der Waals surface area (Å²) in [6.07, 6.45) is 99.7. The predicted octanol–water partition coefficient (Wildman–Crippen LogP) is 23.5. The maximum Gasteiger partial charge on any atom is 0.306 e. The Hall–Kier alpha value is -4.11. The molecule has 9 nitrogen and oxygen atoms in total. The number of phosphoric ester groups is 1. The summed E-state index contributed by atoms with van der Waals surface area (Å²) in [7, 11) is 1.16. The molecule has 3 atom stereocenters. The van der Waals surface area contributed by atoms with Crippen molar-refractivity contribution in [2.24, 2.45) is 0 Å². The third kappa shape index (κ3) is 70.1. The molecule has 0 rings (SSSR count). The van der Waals surface area contributed by atoms with Crippen LogP contribution in [0.5, 0.6) is 0 Å². The van der Waals surface area contributed by atoms with Gasteiger partial charge >= 0.3 is 5.97 Å². The first kappa shape index (κ1) is 86.9. The lowest BCUT2D eigenvalue weighted by Gasteiger charge is -2.30. The van der Waals surface area contributed by atoms with Crippen molar-refractivity contribution in [2.45, 2.75) is 315 Å². The standard InChI is InChI=1S/C81H139N2O7P/c1-7-10-13-16-19-22-25-28-30-32-34-36-38-40-41-43-44-46-48-50-52-55-58-61-64-67-70-73-80(84)82-78(77-89-91(86,87)88-76-75-83(4,5)6)79(72-69-66-63-60-57-54-27-24-21-18-15-12-9-3)90-81(85)74-71-68-65-62-59-56-53-51-49-47-45-42-39-37-35-33-31-29-26-23-20-17-14-11-8-2/h10-11,13-14,19-20,22-23,28-31,34-37,40-42,45,49,51,69,72,78-79H,7-9,12,15-18,21,24-27,32-33,38-39,43-44,46-48,50,52-68,70-71,73-77H2,1-6H3,(H-,82,84,86,87)/b13-10-,14-11-,22-19-,23-20-,30-28-,31-29-,36-34-,37-35-,41-40-,45-42-,51-49-,72-69+. The lowest BCUT2D eigenvalue weighted by atomic mass is 10.0. The second-order valence-corrected chi connectivity index (χ2v) is 27.1. The topological polar surface area (TPSA) is 114 Å². The van der Waals surface area contributed by atoms with E-state index < -0.39 is 26.6 Å². The summed E-state index contributed by atoms with van der Waals surface area (Å²) in [5.41, 5.74) is 0. The lowest BCUT2D eigenvalue weighted by Crippen LogP contribution is -2.47. The van der Waals surface area contributed by atoms with Gasteiger partial charge in [-0.3, -0.25) is 14.2 Å². The molecule has 1 N–H and O–H groups in total. The van der Waals surface area contributed by atoms with Gasteiger partial charge in [0.2, 0.25) is 5.91 Å². The number of phosphoric acid groups is 1. The normalized spacial score (nSPS) is 14.3. The second-order valence-electron chi connectivity index (χ2n) is 25.7. The van der Waals surface area contributed by atoms with Gasteiger partial charge < -0.3 is 28.5 Å².